The number of ether oxygens (including phenoxy) is 1. The number of allylic oxidation sites excluding steroid dienone is 1. The molecule has 2 aliphatic rings. The molecule has 23 heavy (non-hydrogen) atoms. The van der Waals surface area contributed by atoms with Crippen molar-refractivity contribution in [2.75, 3.05) is 6.61 Å². The summed E-state index contributed by atoms with van der Waals surface area (Å²) in [6.45, 7) is 1.60. The van der Waals surface area contributed by atoms with Crippen molar-refractivity contribution >= 4 is 29.4 Å². The molecule has 3 rings (SSSR count). The zero-order valence-corrected chi connectivity index (χ0v) is 12.7. The van der Waals surface area contributed by atoms with Crippen LogP contribution in [-0.4, -0.2) is 51.6 Å². The highest BCUT2D eigenvalue weighted by Crippen LogP contribution is 2.32. The Morgan fingerprint density at radius 2 is 2.30 bits per heavy atom. The monoisotopic (exact) mass is 341 g/mol. The van der Waals surface area contributed by atoms with Crippen LogP contribution in [-0.2, 0) is 25.5 Å². The summed E-state index contributed by atoms with van der Waals surface area (Å²) in [6.07, 6.45) is -0.127. The van der Waals surface area contributed by atoms with Crippen LogP contribution in [0.1, 0.15) is 12.7 Å². The SMILES string of the molecule is CC1=C(C(=O)O)N2C(=O)C(NC(=O)Cc3cc(Cl)no3)C2CO1. The first-order chi connectivity index (χ1) is 10.9. The van der Waals surface area contributed by atoms with E-state index in [0.29, 0.717) is 0 Å². The Hall–Kier alpha value is -2.55. The number of nitrogens with zero attached hydrogens (tertiary/aromatic N) is 2. The number of fused-ring (bicyclic) bond motifs is 1. The van der Waals surface area contributed by atoms with Crippen molar-refractivity contribution in [2.24, 2.45) is 0 Å². The third-order valence-electron chi connectivity index (χ3n) is 3.65. The Bertz CT molecular complexity index is 727. The molecule has 0 bridgehead atoms. The molecular formula is C13H12ClN3O6. The third kappa shape index (κ3) is 2.63. The van der Waals surface area contributed by atoms with Gasteiger partial charge < -0.3 is 19.7 Å². The van der Waals surface area contributed by atoms with Crippen LogP contribution >= 0.6 is 11.6 Å². The van der Waals surface area contributed by atoms with E-state index in [4.69, 9.17) is 26.0 Å². The Labute approximate surface area is 134 Å². The molecule has 0 saturated carbocycles. The summed E-state index contributed by atoms with van der Waals surface area (Å²) in [5, 5.41) is 15.3. The van der Waals surface area contributed by atoms with Gasteiger partial charge in [0.15, 0.2) is 10.9 Å². The zero-order valence-electron chi connectivity index (χ0n) is 11.9. The van der Waals surface area contributed by atoms with Gasteiger partial charge in [0, 0.05) is 6.07 Å². The van der Waals surface area contributed by atoms with Crippen LogP contribution in [0.25, 0.3) is 0 Å². The maximum atomic E-state index is 12.1. The molecule has 0 aromatic carbocycles. The fourth-order valence-corrected chi connectivity index (χ4v) is 2.76. The van der Waals surface area contributed by atoms with E-state index in [-0.39, 0.29) is 35.4 Å². The first kappa shape index (κ1) is 15.3. The van der Waals surface area contributed by atoms with E-state index in [1.807, 2.05) is 0 Å². The van der Waals surface area contributed by atoms with Gasteiger partial charge in [-0.25, -0.2) is 4.79 Å². The number of hydrogen-bond donors (Lipinski definition) is 2. The van der Waals surface area contributed by atoms with Gasteiger partial charge >= 0.3 is 5.97 Å². The Morgan fingerprint density at radius 1 is 1.57 bits per heavy atom. The van der Waals surface area contributed by atoms with E-state index in [0.717, 1.165) is 4.90 Å². The zero-order chi connectivity index (χ0) is 16.7. The number of carbonyl (C=O) groups excluding carboxylic acids is 2. The van der Waals surface area contributed by atoms with Gasteiger partial charge in [0.1, 0.15) is 30.2 Å². The standard InChI is InChI=1S/C13H12ClN3O6/c1-5-11(13(20)21)17-7(4-22-5)10(12(17)19)15-9(18)3-6-2-8(14)16-23-6/h2,7,10H,3-4H2,1H3,(H,15,18)(H,20,21). The smallest absolute Gasteiger partial charge is 0.356 e. The van der Waals surface area contributed by atoms with E-state index in [2.05, 4.69) is 10.5 Å². The molecule has 2 aliphatic heterocycles. The number of carboxylic acids is 1. The summed E-state index contributed by atoms with van der Waals surface area (Å²) < 4.78 is 10.1. The number of carbonyl (C=O) groups is 3. The Balaban J connectivity index is 1.66. The van der Waals surface area contributed by atoms with Gasteiger partial charge in [-0.2, -0.15) is 0 Å². The van der Waals surface area contributed by atoms with Crippen molar-refractivity contribution in [3.63, 3.8) is 0 Å². The van der Waals surface area contributed by atoms with Crippen molar-refractivity contribution in [3.8, 4) is 0 Å². The Kier molecular flexibility index (Phi) is 3.72. The molecule has 3 heterocycles. The first-order valence-corrected chi connectivity index (χ1v) is 7.06. The van der Waals surface area contributed by atoms with Crippen molar-refractivity contribution in [1.29, 1.82) is 0 Å². The molecule has 2 N–H and O–H groups in total. The van der Waals surface area contributed by atoms with Crippen LogP contribution in [0.4, 0.5) is 0 Å². The van der Waals surface area contributed by atoms with Gasteiger partial charge in [-0.3, -0.25) is 14.5 Å². The number of β-lactam (4-membered cyclic amide) rings is 1. The molecule has 2 atom stereocenters. The van der Waals surface area contributed by atoms with E-state index < -0.39 is 29.9 Å². The van der Waals surface area contributed by atoms with E-state index in [9.17, 15) is 14.4 Å². The fourth-order valence-electron chi connectivity index (χ4n) is 2.61. The van der Waals surface area contributed by atoms with Crippen molar-refractivity contribution in [1.82, 2.24) is 15.4 Å². The van der Waals surface area contributed by atoms with Gasteiger partial charge in [0.05, 0.1) is 6.42 Å². The van der Waals surface area contributed by atoms with E-state index in [1.54, 1.807) is 0 Å². The molecule has 2 unspecified atom stereocenters. The summed E-state index contributed by atoms with van der Waals surface area (Å²) in [6, 6.07) is 0.0249. The number of carboxylic acid groups (broad SMARTS) is 1. The van der Waals surface area contributed by atoms with Crippen molar-refractivity contribution < 1.29 is 28.8 Å². The van der Waals surface area contributed by atoms with Gasteiger partial charge in [0.25, 0.3) is 5.91 Å². The van der Waals surface area contributed by atoms with Gasteiger partial charge in [-0.1, -0.05) is 16.8 Å². The lowest BCUT2D eigenvalue weighted by molar-refractivity contribution is -0.160. The number of amides is 2. The lowest BCUT2D eigenvalue weighted by Gasteiger charge is -2.49. The molecule has 1 fully saturated rings. The molecular weight excluding hydrogens is 330 g/mol. The highest BCUT2D eigenvalue weighted by atomic mass is 35.5. The molecule has 9 nitrogen and oxygen atoms in total. The maximum Gasteiger partial charge on any atom is 0.356 e. The van der Waals surface area contributed by atoms with Crippen molar-refractivity contribution in [3.05, 3.63) is 28.4 Å². The predicted molar refractivity (Wildman–Crippen MR) is 74.1 cm³/mol. The lowest BCUT2D eigenvalue weighted by Crippen LogP contribution is -2.73. The average molecular weight is 342 g/mol. The second-order valence-electron chi connectivity index (χ2n) is 5.13. The molecule has 1 aromatic heterocycles. The molecule has 0 spiro atoms. The van der Waals surface area contributed by atoms with E-state index in [1.165, 1.54) is 13.0 Å². The molecule has 1 aromatic rings. The summed E-state index contributed by atoms with van der Waals surface area (Å²) in [7, 11) is 0. The minimum absolute atomic E-state index is 0.118. The third-order valence-corrected chi connectivity index (χ3v) is 3.83. The van der Waals surface area contributed by atoms with Gasteiger partial charge in [0.2, 0.25) is 5.91 Å². The van der Waals surface area contributed by atoms with Crippen LogP contribution in [0.2, 0.25) is 5.15 Å². The minimum atomic E-state index is -1.25. The second-order valence-corrected chi connectivity index (χ2v) is 5.52. The minimum Gasteiger partial charge on any atom is -0.494 e. The highest BCUT2D eigenvalue weighted by molar-refractivity contribution is 6.29. The number of hydrogen-bond acceptors (Lipinski definition) is 6. The van der Waals surface area contributed by atoms with Crippen molar-refractivity contribution in [2.45, 2.75) is 25.4 Å². The van der Waals surface area contributed by atoms with Crippen LogP contribution in [0, 0.1) is 0 Å². The lowest BCUT2D eigenvalue weighted by atomic mass is 9.92. The quantitative estimate of drug-likeness (QED) is 0.734. The maximum absolute atomic E-state index is 12.1. The summed E-state index contributed by atoms with van der Waals surface area (Å²) >= 11 is 5.59. The van der Waals surface area contributed by atoms with Gasteiger partial charge in [-0.05, 0) is 6.92 Å². The summed E-state index contributed by atoms with van der Waals surface area (Å²) in [5.74, 6) is -1.76. The predicted octanol–water partition coefficient (Wildman–Crippen LogP) is -0.0876. The fraction of sp³-hybridized carbons (Fsp3) is 0.385. The summed E-state index contributed by atoms with van der Waals surface area (Å²) in [5.41, 5.74) is -0.196. The average Bonchev–Trinajstić information content (AvgIpc) is 2.89. The number of aliphatic carboxylic acids is 1. The van der Waals surface area contributed by atoms with Crippen LogP contribution in [0.5, 0.6) is 0 Å². The largest absolute Gasteiger partial charge is 0.494 e. The number of halogens is 1. The van der Waals surface area contributed by atoms with Crippen LogP contribution < -0.4 is 5.32 Å². The molecule has 2 amide bonds. The molecule has 0 aliphatic carbocycles. The van der Waals surface area contributed by atoms with Gasteiger partial charge in [-0.15, -0.1) is 0 Å². The normalized spacial score (nSPS) is 23.0. The molecule has 1 saturated heterocycles. The first-order valence-electron chi connectivity index (χ1n) is 6.69. The van der Waals surface area contributed by atoms with Crippen LogP contribution in [0.15, 0.2) is 22.0 Å². The van der Waals surface area contributed by atoms with E-state index >= 15 is 0 Å². The molecule has 10 heteroatoms. The molecule has 0 radical (unpaired) electrons. The number of nitrogens with one attached hydrogen (secondary N) is 1. The second kappa shape index (κ2) is 5.58. The number of aromatic nitrogens is 1. The highest BCUT2D eigenvalue weighted by Gasteiger charge is 2.54. The topological polar surface area (TPSA) is 122 Å². The molecule has 122 valence electrons. The summed E-state index contributed by atoms with van der Waals surface area (Å²) in [4.78, 5) is 36.5. The van der Waals surface area contributed by atoms with Crippen LogP contribution in [0.3, 0.4) is 0 Å². The number of rotatable bonds is 4. The Morgan fingerprint density at radius 3 is 2.91 bits per heavy atom.